The highest BCUT2D eigenvalue weighted by Gasteiger charge is 2.14. The number of aromatic hydroxyl groups is 3. The fourth-order valence-electron chi connectivity index (χ4n) is 2.52. The number of hydrogen-bond donors (Lipinski definition) is 3. The third-order valence-corrected chi connectivity index (χ3v) is 3.84. The fraction of sp³-hybridized carbons (Fsp3) is 0.211. The van der Waals surface area contributed by atoms with Gasteiger partial charge in [0.25, 0.3) is 0 Å². The Kier molecular flexibility index (Phi) is 4.73. The number of fused-ring (bicyclic) bond motifs is 1. The predicted octanol–water partition coefficient (Wildman–Crippen LogP) is 2.52. The first kappa shape index (κ1) is 17.6. The van der Waals surface area contributed by atoms with E-state index in [4.69, 9.17) is 9.15 Å². The predicted molar refractivity (Wildman–Crippen MR) is 97.0 cm³/mol. The summed E-state index contributed by atoms with van der Waals surface area (Å²) in [7, 11) is 3.82. The maximum atomic E-state index is 12.3. The van der Waals surface area contributed by atoms with Gasteiger partial charge in [-0.05, 0) is 32.3 Å². The third kappa shape index (κ3) is 3.57. The van der Waals surface area contributed by atoms with Gasteiger partial charge in [-0.1, -0.05) is 0 Å². The number of benzene rings is 2. The van der Waals surface area contributed by atoms with Gasteiger partial charge in [-0.15, -0.1) is 0 Å². The van der Waals surface area contributed by atoms with Crippen LogP contribution >= 0.6 is 0 Å². The van der Waals surface area contributed by atoms with E-state index in [1.807, 2.05) is 19.0 Å². The summed E-state index contributed by atoms with van der Waals surface area (Å²) in [6.07, 6.45) is 0. The highest BCUT2D eigenvalue weighted by atomic mass is 16.5. The summed E-state index contributed by atoms with van der Waals surface area (Å²) in [6.45, 7) is 1.06. The first-order chi connectivity index (χ1) is 12.3. The Hall–Kier alpha value is -3.19. The molecule has 0 bridgehead atoms. The lowest BCUT2D eigenvalue weighted by molar-refractivity contribution is 0.252. The first-order valence-electron chi connectivity index (χ1n) is 7.96. The van der Waals surface area contributed by atoms with Gasteiger partial charge in [0.2, 0.25) is 0 Å². The molecule has 0 radical (unpaired) electrons. The van der Waals surface area contributed by atoms with Crippen molar-refractivity contribution < 1.29 is 24.5 Å². The summed E-state index contributed by atoms with van der Waals surface area (Å²) < 4.78 is 11.2. The molecular weight excluding hydrogens is 338 g/mol. The zero-order valence-electron chi connectivity index (χ0n) is 14.4. The van der Waals surface area contributed by atoms with Crippen molar-refractivity contribution >= 4 is 11.0 Å². The molecule has 0 amide bonds. The van der Waals surface area contributed by atoms with E-state index in [9.17, 15) is 20.1 Å². The standard InChI is InChI=1S/C19H19NO6/c1-20(2)5-6-25-17-7-11(3-4-13(17)22)16-10-15(24)19-14(23)8-12(21)9-18(19)26-16/h3-4,7-10,21-23H,5-6H2,1-2H3. The van der Waals surface area contributed by atoms with E-state index in [-0.39, 0.29) is 39.7 Å². The van der Waals surface area contributed by atoms with Crippen molar-refractivity contribution in [2.45, 2.75) is 0 Å². The number of nitrogens with zero attached hydrogens (tertiary/aromatic N) is 1. The van der Waals surface area contributed by atoms with E-state index >= 15 is 0 Å². The molecule has 136 valence electrons. The van der Waals surface area contributed by atoms with Crippen molar-refractivity contribution in [3.8, 4) is 34.3 Å². The second kappa shape index (κ2) is 6.97. The minimum atomic E-state index is -0.443. The molecule has 7 nitrogen and oxygen atoms in total. The molecule has 1 aromatic heterocycles. The Balaban J connectivity index is 2.02. The molecule has 1 heterocycles. The average Bonchev–Trinajstić information content (AvgIpc) is 2.55. The molecule has 0 aliphatic carbocycles. The van der Waals surface area contributed by atoms with E-state index in [2.05, 4.69) is 0 Å². The largest absolute Gasteiger partial charge is 0.508 e. The molecule has 0 spiro atoms. The summed E-state index contributed by atoms with van der Waals surface area (Å²) in [4.78, 5) is 14.3. The van der Waals surface area contributed by atoms with Gasteiger partial charge in [0.05, 0.1) is 0 Å². The number of hydrogen-bond acceptors (Lipinski definition) is 7. The van der Waals surface area contributed by atoms with Gasteiger partial charge >= 0.3 is 0 Å². The Bertz CT molecular complexity index is 1010. The van der Waals surface area contributed by atoms with E-state index in [0.717, 1.165) is 6.07 Å². The van der Waals surface area contributed by atoms with Crippen LogP contribution in [0.5, 0.6) is 23.0 Å². The molecule has 3 rings (SSSR count). The molecule has 0 aliphatic heterocycles. The Morgan fingerprint density at radius 2 is 1.81 bits per heavy atom. The highest BCUT2D eigenvalue weighted by Crippen LogP contribution is 2.34. The molecule has 3 aromatic rings. The monoisotopic (exact) mass is 357 g/mol. The minimum absolute atomic E-state index is 0.00668. The normalized spacial score (nSPS) is 11.2. The van der Waals surface area contributed by atoms with Crippen molar-refractivity contribution in [3.05, 3.63) is 46.6 Å². The average molecular weight is 357 g/mol. The summed E-state index contributed by atoms with van der Waals surface area (Å²) in [5.41, 5.74) is 0.138. The Labute approximate surface area is 149 Å². The molecule has 2 aromatic carbocycles. The molecule has 0 unspecified atom stereocenters. The zero-order valence-corrected chi connectivity index (χ0v) is 14.4. The van der Waals surface area contributed by atoms with Crippen LogP contribution in [-0.2, 0) is 0 Å². The maximum Gasteiger partial charge on any atom is 0.197 e. The van der Waals surface area contributed by atoms with Crippen LogP contribution in [0.2, 0.25) is 0 Å². The van der Waals surface area contributed by atoms with Gasteiger partial charge in [0.15, 0.2) is 16.9 Å². The van der Waals surface area contributed by atoms with E-state index < -0.39 is 5.43 Å². The van der Waals surface area contributed by atoms with Crippen LogP contribution in [0.1, 0.15) is 0 Å². The summed E-state index contributed by atoms with van der Waals surface area (Å²) >= 11 is 0. The van der Waals surface area contributed by atoms with Crippen LogP contribution in [0.15, 0.2) is 45.6 Å². The van der Waals surface area contributed by atoms with E-state index in [1.165, 1.54) is 18.2 Å². The molecule has 0 saturated heterocycles. The highest BCUT2D eigenvalue weighted by molar-refractivity contribution is 5.86. The van der Waals surface area contributed by atoms with Crippen LogP contribution < -0.4 is 10.2 Å². The van der Waals surface area contributed by atoms with E-state index in [0.29, 0.717) is 18.7 Å². The van der Waals surface area contributed by atoms with Crippen LogP contribution in [-0.4, -0.2) is 47.5 Å². The van der Waals surface area contributed by atoms with Gasteiger partial charge in [0, 0.05) is 30.3 Å². The number of ether oxygens (including phenoxy) is 1. The summed E-state index contributed by atoms with van der Waals surface area (Å²) in [6, 6.07) is 8.18. The van der Waals surface area contributed by atoms with Crippen molar-refractivity contribution in [2.75, 3.05) is 27.2 Å². The molecule has 0 saturated carbocycles. The number of phenolic OH excluding ortho intramolecular Hbond substituents is 3. The third-order valence-electron chi connectivity index (χ3n) is 3.84. The van der Waals surface area contributed by atoms with Crippen molar-refractivity contribution in [1.82, 2.24) is 4.90 Å². The van der Waals surface area contributed by atoms with E-state index in [1.54, 1.807) is 12.1 Å². The summed E-state index contributed by atoms with van der Waals surface area (Å²) in [5.74, 6) is -0.0887. The molecule has 26 heavy (non-hydrogen) atoms. The second-order valence-corrected chi connectivity index (χ2v) is 6.15. The van der Waals surface area contributed by atoms with Crippen molar-refractivity contribution in [2.24, 2.45) is 0 Å². The minimum Gasteiger partial charge on any atom is -0.508 e. The summed E-state index contributed by atoms with van der Waals surface area (Å²) in [5, 5.41) is 29.4. The lowest BCUT2D eigenvalue weighted by Crippen LogP contribution is -2.19. The van der Waals surface area contributed by atoms with Crippen molar-refractivity contribution in [1.29, 1.82) is 0 Å². The topological polar surface area (TPSA) is 103 Å². The van der Waals surface area contributed by atoms with Gasteiger partial charge in [-0.25, -0.2) is 0 Å². The fourth-order valence-corrected chi connectivity index (χ4v) is 2.52. The van der Waals surface area contributed by atoms with Crippen molar-refractivity contribution in [3.63, 3.8) is 0 Å². The Morgan fingerprint density at radius 3 is 2.54 bits per heavy atom. The van der Waals surface area contributed by atoms with Gasteiger partial charge in [-0.3, -0.25) is 4.79 Å². The SMILES string of the molecule is CN(C)CCOc1cc(-c2cc(=O)c3c(O)cc(O)cc3o2)ccc1O. The molecule has 0 fully saturated rings. The van der Waals surface area contributed by atoms with Gasteiger partial charge < -0.3 is 29.4 Å². The molecule has 0 aliphatic rings. The quantitative estimate of drug-likeness (QED) is 0.644. The second-order valence-electron chi connectivity index (χ2n) is 6.15. The first-order valence-corrected chi connectivity index (χ1v) is 7.96. The van der Waals surface area contributed by atoms with Crippen LogP contribution in [0.25, 0.3) is 22.3 Å². The Morgan fingerprint density at radius 1 is 1.04 bits per heavy atom. The number of likely N-dealkylation sites (N-methyl/N-ethyl adjacent to an activating group) is 1. The van der Waals surface area contributed by atoms with Crippen LogP contribution in [0.4, 0.5) is 0 Å². The van der Waals surface area contributed by atoms with Crippen LogP contribution in [0, 0.1) is 0 Å². The lowest BCUT2D eigenvalue weighted by atomic mass is 10.1. The van der Waals surface area contributed by atoms with Gasteiger partial charge in [0.1, 0.15) is 34.8 Å². The zero-order chi connectivity index (χ0) is 18.8. The lowest BCUT2D eigenvalue weighted by Gasteiger charge is -2.13. The number of rotatable bonds is 5. The smallest absolute Gasteiger partial charge is 0.197 e. The molecular formula is C19H19NO6. The molecule has 3 N–H and O–H groups in total. The van der Waals surface area contributed by atoms with Gasteiger partial charge in [-0.2, -0.15) is 0 Å². The molecule has 7 heteroatoms. The molecule has 0 atom stereocenters. The number of phenols is 3. The maximum absolute atomic E-state index is 12.3. The van der Waals surface area contributed by atoms with Crippen LogP contribution in [0.3, 0.4) is 0 Å².